The van der Waals surface area contributed by atoms with Crippen LogP contribution in [0.1, 0.15) is 41.7 Å². The topological polar surface area (TPSA) is 27.7 Å². The zero-order chi connectivity index (χ0) is 22.2. The van der Waals surface area contributed by atoms with E-state index in [0.29, 0.717) is 12.5 Å². The van der Waals surface area contributed by atoms with Gasteiger partial charge < -0.3 is 14.2 Å². The van der Waals surface area contributed by atoms with E-state index < -0.39 is 5.60 Å². The van der Waals surface area contributed by atoms with Gasteiger partial charge in [-0.25, -0.2) is 0 Å². The molecule has 3 heteroatoms. The first-order chi connectivity index (χ1) is 15.6. The third-order valence-electron chi connectivity index (χ3n) is 7.59. The van der Waals surface area contributed by atoms with Gasteiger partial charge in [0.1, 0.15) is 5.75 Å². The van der Waals surface area contributed by atoms with Crippen molar-refractivity contribution >= 4 is 0 Å². The molecule has 4 atom stereocenters. The minimum absolute atomic E-state index is 0.00860. The van der Waals surface area contributed by atoms with Crippen molar-refractivity contribution in [3.8, 4) is 5.75 Å². The van der Waals surface area contributed by atoms with Crippen LogP contribution in [0.25, 0.3) is 0 Å². The maximum absolute atomic E-state index is 6.77. The number of ether oxygens (including phenoxy) is 3. The Morgan fingerprint density at radius 3 is 2.47 bits per heavy atom. The van der Waals surface area contributed by atoms with Crippen LogP contribution in [0.3, 0.4) is 0 Å². The Morgan fingerprint density at radius 1 is 1.00 bits per heavy atom. The monoisotopic (exact) mass is 428 g/mol. The summed E-state index contributed by atoms with van der Waals surface area (Å²) in [7, 11) is 1.70. The van der Waals surface area contributed by atoms with E-state index in [1.165, 1.54) is 22.3 Å². The Balaban J connectivity index is 1.48. The largest absolute Gasteiger partial charge is 0.497 e. The van der Waals surface area contributed by atoms with Crippen molar-refractivity contribution in [2.45, 2.75) is 38.4 Å². The van der Waals surface area contributed by atoms with Crippen molar-refractivity contribution in [1.82, 2.24) is 0 Å². The molecule has 32 heavy (non-hydrogen) atoms. The quantitative estimate of drug-likeness (QED) is 0.424. The molecule has 1 aliphatic heterocycles. The summed E-state index contributed by atoms with van der Waals surface area (Å²) < 4.78 is 18.7. The molecule has 1 saturated heterocycles. The van der Waals surface area contributed by atoms with Crippen molar-refractivity contribution in [2.24, 2.45) is 11.3 Å². The van der Waals surface area contributed by atoms with Gasteiger partial charge in [0.15, 0.2) is 0 Å². The van der Waals surface area contributed by atoms with Crippen molar-refractivity contribution in [1.29, 1.82) is 0 Å². The molecule has 5 rings (SSSR count). The number of aryl methyl sites for hydroxylation is 1. The smallest absolute Gasteiger partial charge is 0.118 e. The van der Waals surface area contributed by atoms with Crippen LogP contribution in [0, 0.1) is 18.3 Å². The first-order valence-electron chi connectivity index (χ1n) is 11.6. The Morgan fingerprint density at radius 2 is 1.78 bits per heavy atom. The van der Waals surface area contributed by atoms with E-state index in [-0.39, 0.29) is 11.5 Å². The molecule has 166 valence electrons. The lowest BCUT2D eigenvalue weighted by molar-refractivity contribution is -0.108. The molecular weight excluding hydrogens is 396 g/mol. The van der Waals surface area contributed by atoms with Gasteiger partial charge in [-0.05, 0) is 61.4 Å². The van der Waals surface area contributed by atoms with Gasteiger partial charge in [-0.2, -0.15) is 0 Å². The predicted octanol–water partition coefficient (Wildman–Crippen LogP) is 6.26. The number of fused-ring (bicyclic) bond motifs is 1. The van der Waals surface area contributed by atoms with Gasteiger partial charge in [-0.15, -0.1) is 0 Å². The molecule has 3 aromatic rings. The lowest BCUT2D eigenvalue weighted by atomic mass is 9.74. The fraction of sp³-hybridized carbons (Fsp3) is 0.379. The molecule has 0 amide bonds. The fourth-order valence-electron chi connectivity index (χ4n) is 5.69. The lowest BCUT2D eigenvalue weighted by Gasteiger charge is -2.40. The summed E-state index contributed by atoms with van der Waals surface area (Å²) in [5, 5.41) is 0. The Hall–Kier alpha value is -2.62. The van der Waals surface area contributed by atoms with Crippen LogP contribution in [0.2, 0.25) is 0 Å². The van der Waals surface area contributed by atoms with E-state index in [1.807, 2.05) is 12.1 Å². The van der Waals surface area contributed by atoms with E-state index in [4.69, 9.17) is 14.2 Å². The Kier molecular flexibility index (Phi) is 5.56. The third-order valence-corrected chi connectivity index (χ3v) is 7.59. The van der Waals surface area contributed by atoms with Gasteiger partial charge in [0, 0.05) is 5.41 Å². The van der Waals surface area contributed by atoms with Crippen molar-refractivity contribution in [2.75, 3.05) is 20.3 Å². The number of hydrogen-bond acceptors (Lipinski definition) is 3. The maximum Gasteiger partial charge on any atom is 0.118 e. The second-order valence-corrected chi connectivity index (χ2v) is 9.41. The van der Waals surface area contributed by atoms with E-state index in [0.717, 1.165) is 25.2 Å². The third kappa shape index (κ3) is 3.54. The Labute approximate surface area is 191 Å². The minimum atomic E-state index is -0.398. The SMILES string of the molecule is COc1ccc([C@@]2(C)OC[C@H]3C[C@]32[C@H](OCCc2ccccc2)c2cccc(C)c2)cc1. The van der Waals surface area contributed by atoms with Crippen LogP contribution >= 0.6 is 0 Å². The normalized spacial score (nSPS) is 27.0. The predicted molar refractivity (Wildman–Crippen MR) is 127 cm³/mol. The van der Waals surface area contributed by atoms with Crippen LogP contribution in [0.4, 0.5) is 0 Å². The molecule has 3 nitrogen and oxygen atoms in total. The summed E-state index contributed by atoms with van der Waals surface area (Å²) in [6.45, 7) is 5.88. The van der Waals surface area contributed by atoms with Crippen LogP contribution in [-0.2, 0) is 21.5 Å². The van der Waals surface area contributed by atoms with E-state index in [9.17, 15) is 0 Å². The number of methoxy groups -OCH3 is 1. The molecule has 1 saturated carbocycles. The fourth-order valence-corrected chi connectivity index (χ4v) is 5.69. The molecule has 1 aliphatic carbocycles. The number of hydrogen-bond donors (Lipinski definition) is 0. The van der Waals surface area contributed by atoms with Gasteiger partial charge in [-0.1, -0.05) is 72.3 Å². The summed E-state index contributed by atoms with van der Waals surface area (Å²) in [6.07, 6.45) is 2.02. The molecule has 0 unspecified atom stereocenters. The number of rotatable bonds is 8. The average Bonchev–Trinajstić information content (AvgIpc) is 3.49. The highest BCUT2D eigenvalue weighted by atomic mass is 16.5. The Bertz CT molecular complexity index is 1060. The molecule has 0 bridgehead atoms. The number of benzene rings is 3. The van der Waals surface area contributed by atoms with Crippen LogP contribution in [0.15, 0.2) is 78.9 Å². The van der Waals surface area contributed by atoms with Crippen molar-refractivity contribution in [3.63, 3.8) is 0 Å². The molecule has 1 heterocycles. The highest BCUT2D eigenvalue weighted by molar-refractivity contribution is 5.39. The lowest BCUT2D eigenvalue weighted by Crippen LogP contribution is -2.38. The molecule has 0 radical (unpaired) electrons. The van der Waals surface area contributed by atoms with E-state index in [1.54, 1.807) is 7.11 Å². The van der Waals surface area contributed by atoms with Crippen molar-refractivity contribution < 1.29 is 14.2 Å². The molecule has 3 aromatic carbocycles. The summed E-state index contributed by atoms with van der Waals surface area (Å²) in [5.74, 6) is 1.38. The molecular formula is C29H32O3. The summed E-state index contributed by atoms with van der Waals surface area (Å²) in [5.41, 5.74) is 4.56. The highest BCUT2D eigenvalue weighted by Crippen LogP contribution is 2.75. The molecule has 0 aromatic heterocycles. The summed E-state index contributed by atoms with van der Waals surface area (Å²) in [4.78, 5) is 0. The zero-order valence-electron chi connectivity index (χ0n) is 19.2. The zero-order valence-corrected chi connectivity index (χ0v) is 19.2. The second kappa shape index (κ2) is 8.38. The van der Waals surface area contributed by atoms with E-state index in [2.05, 4.69) is 80.6 Å². The average molecular weight is 429 g/mol. The van der Waals surface area contributed by atoms with Gasteiger partial charge in [0.25, 0.3) is 0 Å². The maximum atomic E-state index is 6.77. The van der Waals surface area contributed by atoms with Gasteiger partial charge in [-0.3, -0.25) is 0 Å². The van der Waals surface area contributed by atoms with Crippen LogP contribution in [0.5, 0.6) is 5.75 Å². The molecule has 2 aliphatic rings. The van der Waals surface area contributed by atoms with Crippen molar-refractivity contribution in [3.05, 3.63) is 101 Å². The van der Waals surface area contributed by atoms with Gasteiger partial charge >= 0.3 is 0 Å². The first kappa shape index (κ1) is 21.2. The first-order valence-corrected chi connectivity index (χ1v) is 11.6. The second-order valence-electron chi connectivity index (χ2n) is 9.41. The summed E-state index contributed by atoms with van der Waals surface area (Å²) >= 11 is 0. The molecule has 2 fully saturated rings. The minimum Gasteiger partial charge on any atom is -0.497 e. The molecule has 0 spiro atoms. The summed E-state index contributed by atoms with van der Waals surface area (Å²) in [6, 6.07) is 27.8. The highest BCUT2D eigenvalue weighted by Gasteiger charge is 2.74. The molecule has 0 N–H and O–H groups in total. The van der Waals surface area contributed by atoms with E-state index >= 15 is 0 Å². The van der Waals surface area contributed by atoms with Crippen LogP contribution < -0.4 is 4.74 Å². The van der Waals surface area contributed by atoms with Crippen LogP contribution in [-0.4, -0.2) is 20.3 Å². The van der Waals surface area contributed by atoms with Gasteiger partial charge in [0.2, 0.25) is 0 Å². The van der Waals surface area contributed by atoms with Gasteiger partial charge in [0.05, 0.1) is 32.0 Å². The standard InChI is InChI=1S/C29H32O3/c1-21-8-7-11-23(18-21)27(31-17-16-22-9-5-4-6-10-22)29-19-25(29)20-32-28(29,2)24-12-14-26(30-3)15-13-24/h4-15,18,25,27H,16-17,19-20H2,1-3H3/t25-,27-,28-,29-/m1/s1.